The van der Waals surface area contributed by atoms with Crippen molar-refractivity contribution in [3.05, 3.63) is 28.9 Å². The molecule has 1 unspecified atom stereocenters. The summed E-state index contributed by atoms with van der Waals surface area (Å²) in [4.78, 5) is 36.8. The minimum Gasteiger partial charge on any atom is -0.481 e. The van der Waals surface area contributed by atoms with Gasteiger partial charge in [-0.1, -0.05) is 6.92 Å². The first-order chi connectivity index (χ1) is 8.99. The van der Waals surface area contributed by atoms with Crippen LogP contribution in [0.1, 0.15) is 19.8 Å². The molecule has 0 radical (unpaired) electrons. The van der Waals surface area contributed by atoms with E-state index in [1.54, 1.807) is 6.07 Å². The minimum absolute atomic E-state index is 0.0747. The van der Waals surface area contributed by atoms with Crippen molar-refractivity contribution in [1.29, 1.82) is 0 Å². The smallest absolute Gasteiger partial charge is 0.347 e. The number of carbonyl (C=O) groups is 2. The molecule has 7 heteroatoms. The lowest BCUT2D eigenvalue weighted by Gasteiger charge is -2.11. The van der Waals surface area contributed by atoms with E-state index in [4.69, 9.17) is 5.11 Å². The van der Waals surface area contributed by atoms with Gasteiger partial charge in [0.2, 0.25) is 5.91 Å². The SMILES string of the molecule is CC(CCC(=O)O)CNC(=O)Cn1cccnc1=O. The van der Waals surface area contributed by atoms with Gasteiger partial charge in [0, 0.05) is 25.4 Å². The zero-order valence-electron chi connectivity index (χ0n) is 10.7. The Morgan fingerprint density at radius 3 is 2.89 bits per heavy atom. The van der Waals surface area contributed by atoms with Crippen LogP contribution in [0.4, 0.5) is 0 Å². The van der Waals surface area contributed by atoms with Crippen LogP contribution in [0.15, 0.2) is 23.3 Å². The molecule has 1 aromatic rings. The summed E-state index contributed by atoms with van der Waals surface area (Å²) in [6.45, 7) is 2.17. The highest BCUT2D eigenvalue weighted by Gasteiger charge is 2.08. The molecule has 19 heavy (non-hydrogen) atoms. The van der Waals surface area contributed by atoms with Crippen LogP contribution >= 0.6 is 0 Å². The van der Waals surface area contributed by atoms with Crippen molar-refractivity contribution < 1.29 is 14.7 Å². The third kappa shape index (κ3) is 5.80. The van der Waals surface area contributed by atoms with E-state index in [0.717, 1.165) is 0 Å². The number of aromatic nitrogens is 2. The van der Waals surface area contributed by atoms with Gasteiger partial charge in [-0.2, -0.15) is 0 Å². The monoisotopic (exact) mass is 267 g/mol. The number of amides is 1. The number of carboxylic acids is 1. The summed E-state index contributed by atoms with van der Waals surface area (Å²) in [6, 6.07) is 1.57. The molecule has 2 N–H and O–H groups in total. The molecule has 1 amide bonds. The minimum atomic E-state index is -0.847. The molecule has 1 heterocycles. The maximum absolute atomic E-state index is 11.6. The van der Waals surface area contributed by atoms with Gasteiger partial charge in [-0.25, -0.2) is 9.78 Å². The Balaban J connectivity index is 2.34. The first-order valence-corrected chi connectivity index (χ1v) is 5.99. The highest BCUT2D eigenvalue weighted by Crippen LogP contribution is 2.03. The molecule has 0 aliphatic rings. The lowest BCUT2D eigenvalue weighted by atomic mass is 10.1. The second-order valence-corrected chi connectivity index (χ2v) is 4.37. The van der Waals surface area contributed by atoms with Crippen LogP contribution < -0.4 is 11.0 Å². The van der Waals surface area contributed by atoms with E-state index < -0.39 is 11.7 Å². The van der Waals surface area contributed by atoms with E-state index in [-0.39, 0.29) is 24.8 Å². The summed E-state index contributed by atoms with van der Waals surface area (Å²) in [5, 5.41) is 11.2. The van der Waals surface area contributed by atoms with E-state index in [0.29, 0.717) is 13.0 Å². The molecule has 0 saturated heterocycles. The zero-order chi connectivity index (χ0) is 14.3. The van der Waals surface area contributed by atoms with Crippen LogP contribution in [0.5, 0.6) is 0 Å². The molecule has 104 valence electrons. The van der Waals surface area contributed by atoms with Gasteiger partial charge in [0.15, 0.2) is 0 Å². The molecule has 7 nitrogen and oxygen atoms in total. The Morgan fingerprint density at radius 2 is 2.26 bits per heavy atom. The van der Waals surface area contributed by atoms with E-state index in [1.165, 1.54) is 17.0 Å². The van der Waals surface area contributed by atoms with Crippen molar-refractivity contribution in [1.82, 2.24) is 14.9 Å². The third-order valence-electron chi connectivity index (χ3n) is 2.60. The van der Waals surface area contributed by atoms with Gasteiger partial charge in [-0.15, -0.1) is 0 Å². The maximum Gasteiger partial charge on any atom is 0.347 e. The summed E-state index contributed by atoms with van der Waals surface area (Å²) in [7, 11) is 0. The predicted molar refractivity (Wildman–Crippen MR) is 67.5 cm³/mol. The topological polar surface area (TPSA) is 101 Å². The van der Waals surface area contributed by atoms with E-state index >= 15 is 0 Å². The second kappa shape index (κ2) is 7.30. The van der Waals surface area contributed by atoms with Gasteiger partial charge in [0.1, 0.15) is 6.54 Å². The van der Waals surface area contributed by atoms with Crippen LogP contribution in [-0.4, -0.2) is 33.1 Å². The molecule has 0 saturated carbocycles. The standard InChI is InChI=1S/C12H17N3O4/c1-9(3-4-11(17)18)7-14-10(16)8-15-6-2-5-13-12(15)19/h2,5-6,9H,3-4,7-8H2,1H3,(H,14,16)(H,17,18). The average molecular weight is 267 g/mol. The Bertz CT molecular complexity index is 498. The average Bonchev–Trinajstić information content (AvgIpc) is 2.36. The van der Waals surface area contributed by atoms with Gasteiger partial charge >= 0.3 is 11.7 Å². The number of nitrogens with one attached hydrogen (secondary N) is 1. The van der Waals surface area contributed by atoms with Crippen molar-refractivity contribution in [2.45, 2.75) is 26.3 Å². The molecular weight excluding hydrogens is 250 g/mol. The fourth-order valence-electron chi connectivity index (χ4n) is 1.48. The molecule has 1 rings (SSSR count). The quantitative estimate of drug-likeness (QED) is 0.716. The fourth-order valence-corrected chi connectivity index (χ4v) is 1.48. The van der Waals surface area contributed by atoms with Crippen molar-refractivity contribution >= 4 is 11.9 Å². The zero-order valence-corrected chi connectivity index (χ0v) is 10.7. The molecule has 0 aliphatic heterocycles. The van der Waals surface area contributed by atoms with Crippen LogP contribution in [0.2, 0.25) is 0 Å². The first kappa shape index (κ1) is 14.9. The van der Waals surface area contributed by atoms with Crippen LogP contribution in [0, 0.1) is 5.92 Å². The first-order valence-electron chi connectivity index (χ1n) is 5.99. The highest BCUT2D eigenvalue weighted by atomic mass is 16.4. The maximum atomic E-state index is 11.6. The fraction of sp³-hybridized carbons (Fsp3) is 0.500. The van der Waals surface area contributed by atoms with Gasteiger partial charge < -0.3 is 10.4 Å². The van der Waals surface area contributed by atoms with Crippen molar-refractivity contribution in [3.8, 4) is 0 Å². The van der Waals surface area contributed by atoms with Gasteiger partial charge in [-0.05, 0) is 18.4 Å². The molecule has 0 fully saturated rings. The molecule has 0 spiro atoms. The summed E-state index contributed by atoms with van der Waals surface area (Å²) in [5.41, 5.74) is -0.475. The Kier molecular flexibility index (Phi) is 5.72. The van der Waals surface area contributed by atoms with Gasteiger partial charge in [0.05, 0.1) is 0 Å². The van der Waals surface area contributed by atoms with Gasteiger partial charge in [-0.3, -0.25) is 14.2 Å². The van der Waals surface area contributed by atoms with Crippen LogP contribution in [0.3, 0.4) is 0 Å². The van der Waals surface area contributed by atoms with Crippen molar-refractivity contribution in [2.75, 3.05) is 6.54 Å². The lowest BCUT2D eigenvalue weighted by Crippen LogP contribution is -2.35. The van der Waals surface area contributed by atoms with E-state index in [2.05, 4.69) is 10.3 Å². The molecule has 1 aromatic heterocycles. The second-order valence-electron chi connectivity index (χ2n) is 4.37. The Labute approximate surface area is 110 Å². The molecule has 0 bridgehead atoms. The Morgan fingerprint density at radius 1 is 1.53 bits per heavy atom. The molecule has 0 aromatic carbocycles. The summed E-state index contributed by atoms with van der Waals surface area (Å²) in [6.07, 6.45) is 3.44. The van der Waals surface area contributed by atoms with Gasteiger partial charge in [0.25, 0.3) is 0 Å². The Hall–Kier alpha value is -2.18. The van der Waals surface area contributed by atoms with E-state index in [1.807, 2.05) is 6.92 Å². The number of carboxylic acid groups (broad SMARTS) is 1. The number of hydrogen-bond acceptors (Lipinski definition) is 4. The third-order valence-corrected chi connectivity index (χ3v) is 2.60. The number of nitrogens with zero attached hydrogens (tertiary/aromatic N) is 2. The van der Waals surface area contributed by atoms with Crippen molar-refractivity contribution in [3.63, 3.8) is 0 Å². The molecule has 1 atom stereocenters. The largest absolute Gasteiger partial charge is 0.481 e. The normalized spacial score (nSPS) is 11.8. The van der Waals surface area contributed by atoms with Crippen molar-refractivity contribution in [2.24, 2.45) is 5.92 Å². The molecule has 0 aliphatic carbocycles. The van der Waals surface area contributed by atoms with E-state index in [9.17, 15) is 14.4 Å². The van der Waals surface area contributed by atoms with Crippen LogP contribution in [-0.2, 0) is 16.1 Å². The highest BCUT2D eigenvalue weighted by molar-refractivity contribution is 5.75. The van der Waals surface area contributed by atoms with Crippen LogP contribution in [0.25, 0.3) is 0 Å². The molecular formula is C12H17N3O4. The number of hydrogen-bond donors (Lipinski definition) is 2. The lowest BCUT2D eigenvalue weighted by molar-refractivity contribution is -0.137. The number of aliphatic carboxylic acids is 1. The number of carbonyl (C=O) groups excluding carboxylic acids is 1. The summed E-state index contributed by atoms with van der Waals surface area (Å²) in [5.74, 6) is -1.07. The number of rotatable bonds is 7. The summed E-state index contributed by atoms with van der Waals surface area (Å²) >= 11 is 0. The summed E-state index contributed by atoms with van der Waals surface area (Å²) < 4.78 is 1.21. The predicted octanol–water partition coefficient (Wildman–Crippen LogP) is -0.140.